The number of anilines is 1. The maximum atomic E-state index is 12.8. The molecule has 2 atom stereocenters. The van der Waals surface area contributed by atoms with Gasteiger partial charge in [-0.15, -0.1) is 0 Å². The third-order valence-electron chi connectivity index (χ3n) is 4.96. The number of ether oxygens (including phenoxy) is 1. The highest BCUT2D eigenvalue weighted by Gasteiger charge is 2.47. The van der Waals surface area contributed by atoms with Crippen LogP contribution in [0, 0.1) is 17.7 Å². The molecule has 3 rings (SSSR count). The summed E-state index contributed by atoms with van der Waals surface area (Å²) in [7, 11) is 0. The zero-order valence-corrected chi connectivity index (χ0v) is 14.8. The van der Waals surface area contributed by atoms with Crippen LogP contribution in [0.1, 0.15) is 32.1 Å². The number of imide groups is 1. The van der Waals surface area contributed by atoms with E-state index < -0.39 is 24.3 Å². The van der Waals surface area contributed by atoms with E-state index in [2.05, 4.69) is 5.32 Å². The molecule has 0 aromatic heterocycles. The van der Waals surface area contributed by atoms with Crippen LogP contribution in [0.5, 0.6) is 0 Å². The first-order valence-corrected chi connectivity index (χ1v) is 9.02. The molecule has 7 nitrogen and oxygen atoms in total. The van der Waals surface area contributed by atoms with E-state index in [-0.39, 0.29) is 36.6 Å². The highest BCUT2D eigenvalue weighted by Crippen LogP contribution is 2.37. The molecule has 8 heteroatoms. The van der Waals surface area contributed by atoms with Crippen LogP contribution < -0.4 is 5.32 Å². The largest absolute Gasteiger partial charge is 0.456 e. The number of likely N-dealkylation sites (tertiary alicyclic amines) is 1. The van der Waals surface area contributed by atoms with Gasteiger partial charge in [-0.1, -0.05) is 12.8 Å². The number of esters is 1. The first kappa shape index (κ1) is 19.0. The third kappa shape index (κ3) is 4.50. The zero-order valence-electron chi connectivity index (χ0n) is 14.8. The lowest BCUT2D eigenvalue weighted by Crippen LogP contribution is -2.33. The van der Waals surface area contributed by atoms with E-state index in [1.54, 1.807) is 0 Å². The Kier molecular flexibility index (Phi) is 5.83. The normalized spacial score (nSPS) is 21.7. The molecule has 3 amide bonds. The van der Waals surface area contributed by atoms with Gasteiger partial charge in [0.1, 0.15) is 5.82 Å². The number of rotatable bonds is 6. The molecule has 27 heavy (non-hydrogen) atoms. The fourth-order valence-corrected chi connectivity index (χ4v) is 3.60. The van der Waals surface area contributed by atoms with Gasteiger partial charge in [0.15, 0.2) is 6.61 Å². The van der Waals surface area contributed by atoms with Crippen molar-refractivity contribution in [2.75, 3.05) is 18.5 Å². The van der Waals surface area contributed by atoms with Crippen molar-refractivity contribution in [2.24, 2.45) is 11.8 Å². The van der Waals surface area contributed by atoms with Crippen LogP contribution in [0.2, 0.25) is 0 Å². The van der Waals surface area contributed by atoms with Crippen LogP contribution in [-0.2, 0) is 23.9 Å². The van der Waals surface area contributed by atoms with Crippen LogP contribution in [-0.4, -0.2) is 41.7 Å². The van der Waals surface area contributed by atoms with Crippen molar-refractivity contribution in [1.82, 2.24) is 4.90 Å². The highest BCUT2D eigenvalue weighted by molar-refractivity contribution is 6.05. The van der Waals surface area contributed by atoms with E-state index in [1.165, 1.54) is 24.3 Å². The topological polar surface area (TPSA) is 92.8 Å². The average molecular weight is 376 g/mol. The number of hydrogen-bond acceptors (Lipinski definition) is 5. The molecule has 144 valence electrons. The molecular weight excluding hydrogens is 355 g/mol. The van der Waals surface area contributed by atoms with Gasteiger partial charge in [0.05, 0.1) is 18.3 Å². The van der Waals surface area contributed by atoms with Gasteiger partial charge in [-0.2, -0.15) is 0 Å². The Morgan fingerprint density at radius 3 is 2.26 bits per heavy atom. The van der Waals surface area contributed by atoms with Crippen molar-refractivity contribution >= 4 is 29.4 Å². The molecular formula is C19H21FN2O5. The molecule has 0 radical (unpaired) electrons. The van der Waals surface area contributed by atoms with Crippen molar-refractivity contribution in [3.8, 4) is 0 Å². The van der Waals surface area contributed by atoms with Gasteiger partial charge in [-0.05, 0) is 37.1 Å². The lowest BCUT2D eigenvalue weighted by molar-refractivity contribution is -0.148. The van der Waals surface area contributed by atoms with Crippen LogP contribution in [0.3, 0.4) is 0 Å². The Morgan fingerprint density at radius 1 is 1.07 bits per heavy atom. The van der Waals surface area contributed by atoms with Crippen LogP contribution in [0.4, 0.5) is 10.1 Å². The number of carbonyl (C=O) groups excluding carboxylic acids is 4. The summed E-state index contributed by atoms with van der Waals surface area (Å²) in [5.74, 6) is -2.55. The standard InChI is InChI=1S/C19H21FN2O5/c20-12-5-7-13(8-6-12)21-16(23)11-27-17(24)9-10-22-18(25)14-3-1-2-4-15(14)19(22)26/h5-8,14-15H,1-4,9-11H2,(H,21,23)/t14-,15-/m1/s1. The Morgan fingerprint density at radius 2 is 1.67 bits per heavy atom. The van der Waals surface area contributed by atoms with Gasteiger partial charge in [0.2, 0.25) is 11.8 Å². The van der Waals surface area contributed by atoms with Gasteiger partial charge < -0.3 is 10.1 Å². The summed E-state index contributed by atoms with van der Waals surface area (Å²) in [5.41, 5.74) is 0.383. The lowest BCUT2D eigenvalue weighted by Gasteiger charge is -2.19. The second-order valence-corrected chi connectivity index (χ2v) is 6.79. The summed E-state index contributed by atoms with van der Waals surface area (Å²) in [6.07, 6.45) is 3.18. The van der Waals surface area contributed by atoms with Crippen molar-refractivity contribution in [3.63, 3.8) is 0 Å². The molecule has 1 saturated carbocycles. The summed E-state index contributed by atoms with van der Waals surface area (Å²) < 4.78 is 17.7. The molecule has 1 N–H and O–H groups in total. The lowest BCUT2D eigenvalue weighted by atomic mass is 9.81. The molecule has 1 aliphatic heterocycles. The molecule has 1 aliphatic carbocycles. The summed E-state index contributed by atoms with van der Waals surface area (Å²) in [6.45, 7) is -0.521. The van der Waals surface area contributed by atoms with E-state index >= 15 is 0 Å². The number of benzene rings is 1. The molecule has 2 aliphatic rings. The Labute approximate surface area is 155 Å². The second kappa shape index (κ2) is 8.28. The summed E-state index contributed by atoms with van der Waals surface area (Å²) >= 11 is 0. The predicted molar refractivity (Wildman–Crippen MR) is 92.8 cm³/mol. The van der Waals surface area contributed by atoms with Gasteiger partial charge >= 0.3 is 5.97 Å². The number of fused-ring (bicyclic) bond motifs is 1. The molecule has 1 saturated heterocycles. The van der Waals surface area contributed by atoms with Crippen LogP contribution in [0.25, 0.3) is 0 Å². The van der Waals surface area contributed by atoms with Crippen LogP contribution in [0.15, 0.2) is 24.3 Å². The van der Waals surface area contributed by atoms with Crippen molar-refractivity contribution in [3.05, 3.63) is 30.1 Å². The SMILES string of the molecule is O=C(COC(=O)CCN1C(=O)[C@@H]2CCCC[C@H]2C1=O)Nc1ccc(F)cc1. The minimum atomic E-state index is -0.667. The summed E-state index contributed by atoms with van der Waals surface area (Å²) in [5, 5.41) is 2.47. The van der Waals surface area contributed by atoms with Crippen molar-refractivity contribution < 1.29 is 28.3 Å². The van der Waals surface area contributed by atoms with Gasteiger partial charge in [-0.3, -0.25) is 24.1 Å². The predicted octanol–water partition coefficient (Wildman–Crippen LogP) is 1.87. The Balaban J connectivity index is 1.42. The van der Waals surface area contributed by atoms with E-state index in [1.807, 2.05) is 0 Å². The molecule has 0 spiro atoms. The number of halogens is 1. The van der Waals surface area contributed by atoms with E-state index in [0.717, 1.165) is 30.6 Å². The molecule has 0 bridgehead atoms. The Bertz CT molecular complexity index is 725. The number of amides is 3. The van der Waals surface area contributed by atoms with E-state index in [9.17, 15) is 23.6 Å². The molecule has 1 aromatic carbocycles. The minimum Gasteiger partial charge on any atom is -0.456 e. The number of nitrogens with one attached hydrogen (secondary N) is 1. The first-order chi connectivity index (χ1) is 13.0. The maximum Gasteiger partial charge on any atom is 0.308 e. The van der Waals surface area contributed by atoms with Gasteiger partial charge in [0, 0.05) is 12.2 Å². The zero-order chi connectivity index (χ0) is 19.4. The quantitative estimate of drug-likeness (QED) is 0.604. The van der Waals surface area contributed by atoms with E-state index in [4.69, 9.17) is 4.74 Å². The van der Waals surface area contributed by atoms with Gasteiger partial charge in [-0.25, -0.2) is 4.39 Å². The smallest absolute Gasteiger partial charge is 0.308 e. The average Bonchev–Trinajstić information content (AvgIpc) is 2.91. The molecule has 0 unspecified atom stereocenters. The minimum absolute atomic E-state index is 0.0247. The fraction of sp³-hybridized carbons (Fsp3) is 0.474. The molecule has 1 heterocycles. The first-order valence-electron chi connectivity index (χ1n) is 9.02. The summed E-state index contributed by atoms with van der Waals surface area (Å²) in [4.78, 5) is 49.4. The monoisotopic (exact) mass is 376 g/mol. The van der Waals surface area contributed by atoms with Crippen molar-refractivity contribution in [2.45, 2.75) is 32.1 Å². The maximum absolute atomic E-state index is 12.8. The van der Waals surface area contributed by atoms with Gasteiger partial charge in [0.25, 0.3) is 5.91 Å². The second-order valence-electron chi connectivity index (χ2n) is 6.79. The summed E-state index contributed by atoms with van der Waals surface area (Å²) in [6, 6.07) is 5.17. The van der Waals surface area contributed by atoms with E-state index in [0.29, 0.717) is 5.69 Å². The number of carbonyl (C=O) groups is 4. The van der Waals surface area contributed by atoms with Crippen LogP contribution >= 0.6 is 0 Å². The molecule has 1 aromatic rings. The van der Waals surface area contributed by atoms with Crippen molar-refractivity contribution in [1.29, 1.82) is 0 Å². The third-order valence-corrected chi connectivity index (χ3v) is 4.96. The fourth-order valence-electron chi connectivity index (χ4n) is 3.60. The molecule has 2 fully saturated rings. The number of nitrogens with zero attached hydrogens (tertiary/aromatic N) is 1. The Hall–Kier alpha value is -2.77. The highest BCUT2D eigenvalue weighted by atomic mass is 19.1. The number of hydrogen-bond donors (Lipinski definition) is 1.